The minimum Gasteiger partial charge on any atom is -0.441 e. The molecule has 0 atom stereocenters. The van der Waals surface area contributed by atoms with Gasteiger partial charge in [-0.15, -0.1) is 0 Å². The highest BCUT2D eigenvalue weighted by molar-refractivity contribution is 5.92. The summed E-state index contributed by atoms with van der Waals surface area (Å²) in [7, 11) is 0. The summed E-state index contributed by atoms with van der Waals surface area (Å²) in [4.78, 5) is 20.9. The Balaban J connectivity index is 1.29. The molecule has 7 nitrogen and oxygen atoms in total. The number of pyridine rings is 1. The molecule has 2 aliphatic heterocycles. The first-order chi connectivity index (χ1) is 14.7. The van der Waals surface area contributed by atoms with Crippen LogP contribution in [0.25, 0.3) is 11.6 Å². The topological polar surface area (TPSA) is 78.7 Å². The van der Waals surface area contributed by atoms with Gasteiger partial charge in [0.25, 0.3) is 0 Å². The standard InChI is InChI=1S/C23H22N4O3/c24-13-16-1-3-17(4-2-16)18-11-20-21(12-18)25-6-5-22(20)26-7-9-27(10-8-26)23(28)30-19-14-29-15-19/h1-6,11,19H,7-10,12,14-15H2. The summed E-state index contributed by atoms with van der Waals surface area (Å²) in [5.74, 6) is 0. The van der Waals surface area contributed by atoms with Gasteiger partial charge in [0, 0.05) is 50.0 Å². The first-order valence-corrected chi connectivity index (χ1v) is 10.2. The zero-order valence-electron chi connectivity index (χ0n) is 16.6. The highest BCUT2D eigenvalue weighted by atomic mass is 16.6. The van der Waals surface area contributed by atoms with Gasteiger partial charge in [-0.25, -0.2) is 4.79 Å². The number of ether oxygens (including phenoxy) is 2. The third-order valence-electron chi connectivity index (χ3n) is 5.86. The number of aromatic nitrogens is 1. The Morgan fingerprint density at radius 1 is 1.13 bits per heavy atom. The summed E-state index contributed by atoms with van der Waals surface area (Å²) in [6.45, 7) is 3.79. The predicted molar refractivity (Wildman–Crippen MR) is 112 cm³/mol. The molecule has 1 amide bonds. The normalized spacial score (nSPS) is 18.3. The number of nitriles is 1. The van der Waals surface area contributed by atoms with Crippen molar-refractivity contribution < 1.29 is 14.3 Å². The van der Waals surface area contributed by atoms with Crippen LogP contribution >= 0.6 is 0 Å². The number of anilines is 1. The van der Waals surface area contributed by atoms with Gasteiger partial charge in [0.15, 0.2) is 6.10 Å². The lowest BCUT2D eigenvalue weighted by Gasteiger charge is -2.37. The van der Waals surface area contributed by atoms with Gasteiger partial charge in [0.2, 0.25) is 0 Å². The Labute approximate surface area is 175 Å². The van der Waals surface area contributed by atoms with Crippen molar-refractivity contribution in [2.45, 2.75) is 12.5 Å². The van der Waals surface area contributed by atoms with Crippen molar-refractivity contribution in [2.75, 3.05) is 44.3 Å². The van der Waals surface area contributed by atoms with Crippen LogP contribution in [-0.2, 0) is 15.9 Å². The molecule has 3 aliphatic rings. The Morgan fingerprint density at radius 2 is 1.90 bits per heavy atom. The fourth-order valence-electron chi connectivity index (χ4n) is 4.06. The van der Waals surface area contributed by atoms with Crippen LogP contribution in [0, 0.1) is 11.3 Å². The van der Waals surface area contributed by atoms with Crippen LogP contribution < -0.4 is 4.90 Å². The van der Waals surface area contributed by atoms with E-state index in [-0.39, 0.29) is 12.2 Å². The monoisotopic (exact) mass is 402 g/mol. The molecule has 0 bridgehead atoms. The maximum atomic E-state index is 12.3. The number of piperazine rings is 1. The van der Waals surface area contributed by atoms with Crippen molar-refractivity contribution in [2.24, 2.45) is 0 Å². The minimum atomic E-state index is -0.245. The summed E-state index contributed by atoms with van der Waals surface area (Å²) in [5, 5.41) is 9.01. The van der Waals surface area contributed by atoms with E-state index in [1.54, 1.807) is 4.90 Å². The molecule has 2 fully saturated rings. The molecule has 1 aliphatic carbocycles. The molecule has 1 aromatic heterocycles. The second-order valence-electron chi connectivity index (χ2n) is 7.74. The van der Waals surface area contributed by atoms with Crippen molar-refractivity contribution in [1.29, 1.82) is 5.26 Å². The van der Waals surface area contributed by atoms with E-state index >= 15 is 0 Å². The second kappa shape index (κ2) is 7.81. The minimum absolute atomic E-state index is 0.0928. The van der Waals surface area contributed by atoms with Gasteiger partial charge in [0.1, 0.15) is 0 Å². The molecule has 5 rings (SSSR count). The average molecular weight is 402 g/mol. The zero-order chi connectivity index (χ0) is 20.5. The van der Waals surface area contributed by atoms with Crippen LogP contribution in [-0.4, -0.2) is 61.5 Å². The average Bonchev–Trinajstić information content (AvgIpc) is 3.21. The number of hydrogen-bond donors (Lipinski definition) is 0. The molecule has 0 unspecified atom stereocenters. The maximum Gasteiger partial charge on any atom is 0.410 e. The fraction of sp³-hybridized carbons (Fsp3) is 0.348. The number of carbonyl (C=O) groups is 1. The summed E-state index contributed by atoms with van der Waals surface area (Å²) >= 11 is 0. The summed E-state index contributed by atoms with van der Waals surface area (Å²) < 4.78 is 10.5. The maximum absolute atomic E-state index is 12.3. The van der Waals surface area contributed by atoms with Crippen molar-refractivity contribution >= 4 is 23.4 Å². The summed E-state index contributed by atoms with van der Waals surface area (Å²) in [6.07, 6.45) is 4.51. The van der Waals surface area contributed by atoms with E-state index in [0.29, 0.717) is 31.9 Å². The number of carbonyl (C=O) groups excluding carboxylic acids is 1. The zero-order valence-corrected chi connectivity index (χ0v) is 16.6. The van der Waals surface area contributed by atoms with Gasteiger partial charge in [-0.3, -0.25) is 4.98 Å². The number of allylic oxidation sites excluding steroid dienone is 1. The molecule has 2 saturated heterocycles. The Bertz CT molecular complexity index is 1030. The molecule has 1 aromatic carbocycles. The number of amides is 1. The highest BCUT2D eigenvalue weighted by Gasteiger charge is 2.29. The number of benzene rings is 1. The lowest BCUT2D eigenvalue weighted by molar-refractivity contribution is -0.104. The van der Waals surface area contributed by atoms with E-state index in [4.69, 9.17) is 14.7 Å². The van der Waals surface area contributed by atoms with Crippen LogP contribution in [0.15, 0.2) is 36.5 Å². The molecular weight excluding hydrogens is 380 g/mol. The van der Waals surface area contributed by atoms with Gasteiger partial charge >= 0.3 is 6.09 Å². The van der Waals surface area contributed by atoms with Gasteiger partial charge in [0.05, 0.1) is 30.5 Å². The molecule has 2 aromatic rings. The summed E-state index contributed by atoms with van der Waals surface area (Å²) in [5.41, 5.74) is 6.36. The highest BCUT2D eigenvalue weighted by Crippen LogP contribution is 2.36. The molecule has 7 heteroatoms. The number of hydrogen-bond acceptors (Lipinski definition) is 6. The third kappa shape index (κ3) is 3.51. The Hall–Kier alpha value is -3.37. The predicted octanol–water partition coefficient (Wildman–Crippen LogP) is 2.71. The lowest BCUT2D eigenvalue weighted by Crippen LogP contribution is -2.51. The van der Waals surface area contributed by atoms with Crippen LogP contribution in [0.5, 0.6) is 0 Å². The van der Waals surface area contributed by atoms with E-state index < -0.39 is 0 Å². The van der Waals surface area contributed by atoms with Crippen molar-refractivity contribution in [3.63, 3.8) is 0 Å². The van der Waals surface area contributed by atoms with Crippen LogP contribution in [0.2, 0.25) is 0 Å². The van der Waals surface area contributed by atoms with Gasteiger partial charge in [-0.2, -0.15) is 5.26 Å². The number of rotatable bonds is 3. The van der Waals surface area contributed by atoms with Gasteiger partial charge < -0.3 is 19.3 Å². The molecule has 152 valence electrons. The molecule has 0 radical (unpaired) electrons. The molecule has 0 N–H and O–H groups in total. The Morgan fingerprint density at radius 3 is 2.57 bits per heavy atom. The lowest BCUT2D eigenvalue weighted by atomic mass is 10.0. The molecule has 3 heterocycles. The van der Waals surface area contributed by atoms with Gasteiger partial charge in [-0.05, 0) is 35.4 Å². The third-order valence-corrected chi connectivity index (χ3v) is 5.86. The first-order valence-electron chi connectivity index (χ1n) is 10.2. The van der Waals surface area contributed by atoms with Crippen molar-refractivity contribution in [3.8, 4) is 6.07 Å². The van der Waals surface area contributed by atoms with Crippen LogP contribution in [0.4, 0.5) is 10.5 Å². The first kappa shape index (κ1) is 18.6. The molecule has 30 heavy (non-hydrogen) atoms. The number of fused-ring (bicyclic) bond motifs is 1. The van der Waals surface area contributed by atoms with E-state index in [9.17, 15) is 4.79 Å². The van der Waals surface area contributed by atoms with E-state index in [2.05, 4.69) is 28.1 Å². The van der Waals surface area contributed by atoms with Crippen molar-refractivity contribution in [3.05, 3.63) is 58.9 Å². The van der Waals surface area contributed by atoms with Crippen LogP contribution in [0.1, 0.15) is 22.4 Å². The van der Waals surface area contributed by atoms with E-state index in [1.165, 1.54) is 5.57 Å². The fourth-order valence-corrected chi connectivity index (χ4v) is 4.06. The smallest absolute Gasteiger partial charge is 0.410 e. The van der Waals surface area contributed by atoms with Crippen molar-refractivity contribution in [1.82, 2.24) is 9.88 Å². The molecule has 0 saturated carbocycles. The SMILES string of the molecule is N#Cc1ccc(C2=Cc3c(N4CCN(C(=O)OC5COC5)CC4)ccnc3C2)cc1. The number of nitrogens with zero attached hydrogens (tertiary/aromatic N) is 4. The second-order valence-corrected chi connectivity index (χ2v) is 7.74. The van der Waals surface area contributed by atoms with E-state index in [1.807, 2.05) is 30.5 Å². The van der Waals surface area contributed by atoms with E-state index in [0.717, 1.165) is 42.0 Å². The largest absolute Gasteiger partial charge is 0.441 e. The summed E-state index contributed by atoms with van der Waals surface area (Å²) in [6, 6.07) is 11.9. The Kier molecular flexibility index (Phi) is 4.85. The van der Waals surface area contributed by atoms with Gasteiger partial charge in [-0.1, -0.05) is 12.1 Å². The quantitative estimate of drug-likeness (QED) is 0.786. The van der Waals surface area contributed by atoms with Crippen LogP contribution in [0.3, 0.4) is 0 Å². The molecular formula is C23H22N4O3. The molecule has 0 spiro atoms.